The number of ether oxygens (including phenoxy) is 1. The van der Waals surface area contributed by atoms with Crippen LogP contribution in [0.15, 0.2) is 0 Å². The lowest BCUT2D eigenvalue weighted by Crippen LogP contribution is -2.33. The maximum atomic E-state index is 12.0. The van der Waals surface area contributed by atoms with E-state index < -0.39 is 0 Å². The predicted molar refractivity (Wildman–Crippen MR) is 127 cm³/mol. The van der Waals surface area contributed by atoms with Crippen LogP contribution in [0, 0.1) is 16.1 Å². The Labute approximate surface area is 185 Å². The Morgan fingerprint density at radius 1 is 0.929 bits per heavy atom. The molecule has 0 aromatic heterocycles. The number of carbonyl (C=O) groups excluding carboxylic acids is 1. The SMILES string of the molecule is CCCCCCCCCCCCCCCC(=O)OCC1(CSC#N)CSSC1. The Morgan fingerprint density at radius 2 is 1.43 bits per heavy atom. The smallest absolute Gasteiger partial charge is 0.305 e. The van der Waals surface area contributed by atoms with Crippen molar-refractivity contribution in [3.63, 3.8) is 0 Å². The third-order valence-electron chi connectivity index (χ3n) is 5.28. The lowest BCUT2D eigenvalue weighted by atomic mass is 9.97. The second kappa shape index (κ2) is 17.8. The van der Waals surface area contributed by atoms with Gasteiger partial charge >= 0.3 is 5.97 Å². The molecule has 0 N–H and O–H groups in total. The number of hydrogen-bond donors (Lipinski definition) is 0. The highest BCUT2D eigenvalue weighted by atomic mass is 33.1. The zero-order valence-corrected chi connectivity index (χ0v) is 20.2. The van der Waals surface area contributed by atoms with E-state index in [-0.39, 0.29) is 11.4 Å². The number of thiocyanates is 1. The van der Waals surface area contributed by atoms with Gasteiger partial charge in [-0.05, 0) is 18.2 Å². The normalized spacial score (nSPS) is 15.4. The molecule has 6 heteroatoms. The highest BCUT2D eigenvalue weighted by molar-refractivity contribution is 8.77. The number of hydrogen-bond acceptors (Lipinski definition) is 6. The van der Waals surface area contributed by atoms with E-state index in [0.29, 0.717) is 13.0 Å². The molecule has 162 valence electrons. The first-order chi connectivity index (χ1) is 13.7. The van der Waals surface area contributed by atoms with E-state index in [1.165, 1.54) is 82.4 Å². The van der Waals surface area contributed by atoms with Gasteiger partial charge in [-0.2, -0.15) is 5.26 Å². The summed E-state index contributed by atoms with van der Waals surface area (Å²) in [5.41, 5.74) is -0.0125. The number of thioether (sulfide) groups is 1. The van der Waals surface area contributed by atoms with Crippen LogP contribution in [0.25, 0.3) is 0 Å². The van der Waals surface area contributed by atoms with E-state index in [0.717, 1.165) is 30.1 Å². The van der Waals surface area contributed by atoms with Crippen molar-refractivity contribution in [2.24, 2.45) is 5.41 Å². The van der Waals surface area contributed by atoms with Crippen molar-refractivity contribution in [3.05, 3.63) is 0 Å². The molecule has 1 aliphatic rings. The molecular formula is C22H39NO2S3. The van der Waals surface area contributed by atoms with E-state index in [4.69, 9.17) is 10.00 Å². The van der Waals surface area contributed by atoms with Crippen molar-refractivity contribution < 1.29 is 9.53 Å². The van der Waals surface area contributed by atoms with Gasteiger partial charge in [0.1, 0.15) is 5.40 Å². The first-order valence-corrected chi connectivity index (χ1v) is 14.6. The van der Waals surface area contributed by atoms with Crippen molar-refractivity contribution in [1.29, 1.82) is 5.26 Å². The maximum Gasteiger partial charge on any atom is 0.305 e. The topological polar surface area (TPSA) is 50.1 Å². The van der Waals surface area contributed by atoms with Gasteiger partial charge in [0.2, 0.25) is 0 Å². The predicted octanol–water partition coefficient (Wildman–Crippen LogP) is 7.61. The van der Waals surface area contributed by atoms with Crippen LogP contribution in [0.1, 0.15) is 96.8 Å². The number of nitriles is 1. The highest BCUT2D eigenvalue weighted by Gasteiger charge is 2.36. The Balaban J connectivity index is 1.90. The molecule has 1 aliphatic heterocycles. The average Bonchev–Trinajstić information content (AvgIpc) is 3.17. The first kappa shape index (κ1) is 26.0. The van der Waals surface area contributed by atoms with Gasteiger partial charge < -0.3 is 4.74 Å². The molecule has 1 fully saturated rings. The number of rotatable bonds is 18. The zero-order valence-electron chi connectivity index (χ0n) is 17.7. The van der Waals surface area contributed by atoms with E-state index in [1.54, 1.807) is 0 Å². The van der Waals surface area contributed by atoms with Crippen LogP contribution in [0.3, 0.4) is 0 Å². The fourth-order valence-corrected chi connectivity index (χ4v) is 7.65. The monoisotopic (exact) mass is 445 g/mol. The number of carbonyl (C=O) groups is 1. The fraction of sp³-hybridized carbons (Fsp3) is 0.909. The Morgan fingerprint density at radius 3 is 1.93 bits per heavy atom. The van der Waals surface area contributed by atoms with E-state index >= 15 is 0 Å². The second-order valence-corrected chi connectivity index (χ2v) is 11.3. The number of unbranched alkanes of at least 4 members (excludes halogenated alkanes) is 12. The summed E-state index contributed by atoms with van der Waals surface area (Å²) in [4.78, 5) is 12.0. The Kier molecular flexibility index (Phi) is 16.6. The van der Waals surface area contributed by atoms with E-state index in [1.807, 2.05) is 21.6 Å². The first-order valence-electron chi connectivity index (χ1n) is 11.1. The summed E-state index contributed by atoms with van der Waals surface area (Å²) in [6.45, 7) is 2.74. The van der Waals surface area contributed by atoms with Crippen LogP contribution in [0.2, 0.25) is 0 Å². The fourth-order valence-electron chi connectivity index (χ4n) is 3.36. The zero-order chi connectivity index (χ0) is 20.3. The molecule has 0 bridgehead atoms. The summed E-state index contributed by atoms with van der Waals surface area (Å²) in [6.07, 6.45) is 17.6. The highest BCUT2D eigenvalue weighted by Crippen LogP contribution is 2.45. The van der Waals surface area contributed by atoms with Crippen molar-refractivity contribution in [2.75, 3.05) is 23.9 Å². The van der Waals surface area contributed by atoms with Crippen LogP contribution in [0.5, 0.6) is 0 Å². The van der Waals surface area contributed by atoms with Gasteiger partial charge in [0.15, 0.2) is 0 Å². The molecule has 0 unspecified atom stereocenters. The van der Waals surface area contributed by atoms with Crippen molar-refractivity contribution in [3.8, 4) is 5.40 Å². The molecule has 0 spiro atoms. The minimum atomic E-state index is -0.0636. The van der Waals surface area contributed by atoms with E-state index in [9.17, 15) is 4.79 Å². The largest absolute Gasteiger partial charge is 0.465 e. The van der Waals surface area contributed by atoms with Gasteiger partial charge in [-0.3, -0.25) is 4.79 Å². The molecule has 3 nitrogen and oxygen atoms in total. The molecule has 0 amide bonds. The van der Waals surface area contributed by atoms with E-state index in [2.05, 4.69) is 12.3 Å². The molecule has 0 saturated carbocycles. The summed E-state index contributed by atoms with van der Waals surface area (Å²) in [5.74, 6) is 2.64. The van der Waals surface area contributed by atoms with Crippen molar-refractivity contribution >= 4 is 39.3 Å². The van der Waals surface area contributed by atoms with Crippen LogP contribution in [-0.2, 0) is 9.53 Å². The van der Waals surface area contributed by atoms with Crippen LogP contribution in [0.4, 0.5) is 0 Å². The minimum absolute atomic E-state index is 0.0125. The summed E-state index contributed by atoms with van der Waals surface area (Å²) in [5, 5.41) is 10.9. The molecule has 1 heterocycles. The minimum Gasteiger partial charge on any atom is -0.465 e. The lowest BCUT2D eigenvalue weighted by molar-refractivity contribution is -0.146. The Hall–Kier alpha value is 0.0100. The summed E-state index contributed by atoms with van der Waals surface area (Å²) >= 11 is 1.28. The lowest BCUT2D eigenvalue weighted by Gasteiger charge is -2.25. The average molecular weight is 446 g/mol. The van der Waals surface area contributed by atoms with Gasteiger partial charge in [-0.25, -0.2) is 0 Å². The second-order valence-electron chi connectivity index (χ2n) is 8.06. The molecule has 0 aliphatic carbocycles. The molecular weight excluding hydrogens is 406 g/mol. The van der Waals surface area contributed by atoms with Crippen LogP contribution < -0.4 is 0 Å². The van der Waals surface area contributed by atoms with Gasteiger partial charge in [0.05, 0.1) is 6.61 Å². The molecule has 28 heavy (non-hydrogen) atoms. The van der Waals surface area contributed by atoms with Gasteiger partial charge in [0.25, 0.3) is 0 Å². The van der Waals surface area contributed by atoms with Gasteiger partial charge in [-0.15, -0.1) is 0 Å². The van der Waals surface area contributed by atoms with Crippen LogP contribution in [-0.4, -0.2) is 29.8 Å². The molecule has 0 aromatic carbocycles. The quantitative estimate of drug-likeness (QED) is 0.0936. The number of esters is 1. The molecule has 0 radical (unpaired) electrons. The third-order valence-corrected chi connectivity index (χ3v) is 9.00. The Bertz CT molecular complexity index is 434. The van der Waals surface area contributed by atoms with Gasteiger partial charge in [0, 0.05) is 29.1 Å². The number of nitrogens with zero attached hydrogens (tertiary/aromatic N) is 1. The maximum absolute atomic E-state index is 12.0. The molecule has 1 saturated heterocycles. The summed E-state index contributed by atoms with van der Waals surface area (Å²) < 4.78 is 5.55. The molecule has 1 rings (SSSR count). The van der Waals surface area contributed by atoms with Gasteiger partial charge in [-0.1, -0.05) is 106 Å². The molecule has 0 atom stereocenters. The van der Waals surface area contributed by atoms with Crippen molar-refractivity contribution in [2.45, 2.75) is 96.8 Å². The standard InChI is InChI=1S/C22H39NO2S3/c1-2-3-4-5-6-7-8-9-10-11-12-13-14-15-21(24)25-16-22(17-26-20-23)18-27-28-19-22/h2-19H2,1H3. The third kappa shape index (κ3) is 13.3. The summed E-state index contributed by atoms with van der Waals surface area (Å²) in [6, 6.07) is 0. The van der Waals surface area contributed by atoms with Crippen LogP contribution >= 0.6 is 33.3 Å². The molecule has 0 aromatic rings. The summed E-state index contributed by atoms with van der Waals surface area (Å²) in [7, 11) is 3.65. The van der Waals surface area contributed by atoms with Crippen molar-refractivity contribution in [1.82, 2.24) is 0 Å².